The second-order valence-corrected chi connectivity index (χ2v) is 9.41. The minimum atomic E-state index is 0.114. The summed E-state index contributed by atoms with van der Waals surface area (Å²) in [5, 5.41) is 0. The summed E-state index contributed by atoms with van der Waals surface area (Å²) < 4.78 is 0. The molecule has 0 radical (unpaired) electrons. The molecule has 6 rings (SSSR count). The number of anilines is 2. The molecule has 4 heteroatoms. The van der Waals surface area contributed by atoms with Crippen molar-refractivity contribution in [2.75, 3.05) is 51.1 Å². The topological polar surface area (TPSA) is 13.0 Å². The summed E-state index contributed by atoms with van der Waals surface area (Å²) in [5.41, 5.74) is 6.21. The fraction of sp³-hybridized carbons (Fsp3) is 0.500. The largest absolute Gasteiger partial charge is 0.358 e. The zero-order chi connectivity index (χ0) is 19.3. The number of rotatable bonds is 1. The van der Waals surface area contributed by atoms with Crippen LogP contribution in [0.15, 0.2) is 48.5 Å². The molecule has 2 aromatic carbocycles. The van der Waals surface area contributed by atoms with Crippen molar-refractivity contribution >= 4 is 11.4 Å². The Bertz CT molecular complexity index is 880. The molecule has 0 aliphatic carbocycles. The molecule has 146 valence electrons. The monoisotopic (exact) mass is 374 g/mol. The van der Waals surface area contributed by atoms with Gasteiger partial charge >= 0.3 is 0 Å². The van der Waals surface area contributed by atoms with Crippen molar-refractivity contribution in [3.63, 3.8) is 0 Å². The zero-order valence-corrected chi connectivity index (χ0v) is 17.4. The average Bonchev–Trinajstić information content (AvgIpc) is 3.39. The zero-order valence-electron chi connectivity index (χ0n) is 17.4. The molecule has 4 nitrogen and oxygen atoms in total. The molecule has 0 saturated carbocycles. The number of hydrogen-bond donors (Lipinski definition) is 0. The Morgan fingerprint density at radius 1 is 0.643 bits per heavy atom. The Balaban J connectivity index is 1.71. The Morgan fingerprint density at radius 2 is 1.04 bits per heavy atom. The first kappa shape index (κ1) is 16.9. The highest BCUT2D eigenvalue weighted by Crippen LogP contribution is 2.68. The number of likely N-dealkylation sites (N-methyl/N-ethyl adjacent to an activating group) is 4. The van der Waals surface area contributed by atoms with E-state index in [4.69, 9.17) is 0 Å². The van der Waals surface area contributed by atoms with Crippen molar-refractivity contribution in [2.45, 2.75) is 36.0 Å². The minimum absolute atomic E-state index is 0.114. The molecular formula is C24H30N4. The highest BCUT2D eigenvalue weighted by atomic mass is 15.4. The molecule has 0 spiro atoms. The molecule has 0 amide bonds. The molecule has 2 fully saturated rings. The van der Waals surface area contributed by atoms with Crippen molar-refractivity contribution in [1.29, 1.82) is 0 Å². The van der Waals surface area contributed by atoms with Crippen LogP contribution in [0.25, 0.3) is 0 Å². The van der Waals surface area contributed by atoms with E-state index in [-0.39, 0.29) is 10.8 Å². The molecule has 4 aliphatic heterocycles. The Morgan fingerprint density at radius 3 is 1.46 bits per heavy atom. The van der Waals surface area contributed by atoms with E-state index in [1.807, 2.05) is 0 Å². The second kappa shape index (κ2) is 5.31. The van der Waals surface area contributed by atoms with Gasteiger partial charge in [-0.05, 0) is 50.2 Å². The lowest BCUT2D eigenvalue weighted by molar-refractivity contribution is 0.126. The van der Waals surface area contributed by atoms with E-state index >= 15 is 0 Å². The van der Waals surface area contributed by atoms with E-state index in [1.165, 1.54) is 24.2 Å². The lowest BCUT2D eigenvalue weighted by atomic mass is 9.55. The summed E-state index contributed by atoms with van der Waals surface area (Å²) in [7, 11) is 9.26. The number of fused-ring (bicyclic) bond motifs is 7. The van der Waals surface area contributed by atoms with Crippen LogP contribution in [0.4, 0.5) is 11.4 Å². The summed E-state index contributed by atoms with van der Waals surface area (Å²) in [4.78, 5) is 10.3. The summed E-state index contributed by atoms with van der Waals surface area (Å²) in [6.45, 7) is 2.32. The average molecular weight is 375 g/mol. The van der Waals surface area contributed by atoms with Gasteiger partial charge in [-0.2, -0.15) is 0 Å². The predicted molar refractivity (Wildman–Crippen MR) is 115 cm³/mol. The lowest BCUT2D eigenvalue weighted by Gasteiger charge is -2.50. The van der Waals surface area contributed by atoms with Crippen LogP contribution >= 0.6 is 0 Å². The van der Waals surface area contributed by atoms with Crippen molar-refractivity contribution < 1.29 is 0 Å². The van der Waals surface area contributed by atoms with Crippen molar-refractivity contribution in [2.24, 2.45) is 0 Å². The van der Waals surface area contributed by atoms with Gasteiger partial charge in [0.15, 0.2) is 0 Å². The van der Waals surface area contributed by atoms with Gasteiger partial charge in [-0.1, -0.05) is 36.4 Å². The number of para-hydroxylation sites is 2. The van der Waals surface area contributed by atoms with Crippen LogP contribution < -0.4 is 9.80 Å². The predicted octanol–water partition coefficient (Wildman–Crippen LogP) is 3.09. The van der Waals surface area contributed by atoms with E-state index in [0.717, 1.165) is 13.1 Å². The number of hydrogen-bond acceptors (Lipinski definition) is 4. The molecule has 4 atom stereocenters. The molecule has 0 aromatic heterocycles. The van der Waals surface area contributed by atoms with Gasteiger partial charge in [-0.25, -0.2) is 0 Å². The summed E-state index contributed by atoms with van der Waals surface area (Å²) in [5.74, 6) is 0. The molecule has 0 N–H and O–H groups in total. The van der Waals surface area contributed by atoms with Crippen LogP contribution in [0.5, 0.6) is 0 Å². The third-order valence-electron chi connectivity index (χ3n) is 8.49. The van der Waals surface area contributed by atoms with Crippen LogP contribution in [0, 0.1) is 0 Å². The standard InChI is InChI=1S/C24H30N4/c1-25-15-13-23(17-9-5-7-11-19(17)27(3)21(23)25)24-14-16-26(2)22(24)28(4)20-12-8-6-10-18(20)24/h5-12,21-22H,13-16H2,1-4H3. The van der Waals surface area contributed by atoms with E-state index < -0.39 is 0 Å². The van der Waals surface area contributed by atoms with Crippen molar-refractivity contribution in [3.05, 3.63) is 59.7 Å². The van der Waals surface area contributed by atoms with Gasteiger partial charge in [0, 0.05) is 49.4 Å². The van der Waals surface area contributed by atoms with E-state index in [0.29, 0.717) is 12.3 Å². The van der Waals surface area contributed by atoms with Crippen LogP contribution in [0.1, 0.15) is 24.0 Å². The Hall–Kier alpha value is -2.04. The number of nitrogens with zero attached hydrogens (tertiary/aromatic N) is 4. The van der Waals surface area contributed by atoms with E-state index in [9.17, 15) is 0 Å². The smallest absolute Gasteiger partial charge is 0.0924 e. The maximum atomic E-state index is 2.60. The first-order chi connectivity index (χ1) is 13.5. The van der Waals surface area contributed by atoms with Gasteiger partial charge in [-0.15, -0.1) is 0 Å². The number of benzene rings is 2. The van der Waals surface area contributed by atoms with E-state index in [2.05, 4.69) is 96.3 Å². The van der Waals surface area contributed by atoms with Gasteiger partial charge in [0.1, 0.15) is 0 Å². The second-order valence-electron chi connectivity index (χ2n) is 9.41. The van der Waals surface area contributed by atoms with Crippen molar-refractivity contribution in [3.8, 4) is 0 Å². The molecule has 2 aromatic rings. The minimum Gasteiger partial charge on any atom is -0.358 e. The Kier molecular flexibility index (Phi) is 3.20. The molecule has 0 bridgehead atoms. The maximum Gasteiger partial charge on any atom is 0.0924 e. The fourth-order valence-corrected chi connectivity index (χ4v) is 7.73. The van der Waals surface area contributed by atoms with Gasteiger partial charge in [0.25, 0.3) is 0 Å². The quantitative estimate of drug-likeness (QED) is 0.760. The van der Waals surface area contributed by atoms with Crippen LogP contribution in [-0.2, 0) is 10.8 Å². The molecule has 4 aliphatic rings. The van der Waals surface area contributed by atoms with Gasteiger partial charge in [-0.3, -0.25) is 9.80 Å². The van der Waals surface area contributed by atoms with Crippen LogP contribution in [0.3, 0.4) is 0 Å². The van der Waals surface area contributed by atoms with Gasteiger partial charge in [0.2, 0.25) is 0 Å². The highest BCUT2D eigenvalue weighted by molar-refractivity contribution is 5.73. The molecule has 4 heterocycles. The third kappa shape index (κ3) is 1.60. The van der Waals surface area contributed by atoms with Crippen LogP contribution in [-0.4, -0.2) is 63.4 Å². The molecular weight excluding hydrogens is 344 g/mol. The lowest BCUT2D eigenvalue weighted by Crippen LogP contribution is -2.62. The first-order valence-electron chi connectivity index (χ1n) is 10.6. The normalized spacial score (nSPS) is 36.6. The molecule has 2 saturated heterocycles. The van der Waals surface area contributed by atoms with E-state index in [1.54, 1.807) is 11.1 Å². The fourth-order valence-electron chi connectivity index (χ4n) is 7.73. The summed E-state index contributed by atoms with van der Waals surface area (Å²) in [6.07, 6.45) is 3.28. The maximum absolute atomic E-state index is 2.60. The van der Waals surface area contributed by atoms with Crippen LogP contribution in [0.2, 0.25) is 0 Å². The summed E-state index contributed by atoms with van der Waals surface area (Å²) >= 11 is 0. The Labute approximate surface area is 168 Å². The summed E-state index contributed by atoms with van der Waals surface area (Å²) in [6, 6.07) is 18.4. The SMILES string of the molecule is CN1CCC2(C34CCN(C)C3N(C)c3ccccc34)c3ccccc3N(C)C12. The highest BCUT2D eigenvalue weighted by Gasteiger charge is 2.72. The molecule has 28 heavy (non-hydrogen) atoms. The molecule has 4 unspecified atom stereocenters. The van der Waals surface area contributed by atoms with Gasteiger partial charge < -0.3 is 9.80 Å². The van der Waals surface area contributed by atoms with Gasteiger partial charge in [0.05, 0.1) is 12.3 Å². The third-order valence-corrected chi connectivity index (χ3v) is 8.49. The van der Waals surface area contributed by atoms with Crippen molar-refractivity contribution in [1.82, 2.24) is 9.80 Å². The number of likely N-dealkylation sites (tertiary alicyclic amines) is 2. The first-order valence-corrected chi connectivity index (χ1v) is 10.6.